The highest BCUT2D eigenvalue weighted by Gasteiger charge is 2.17. The average molecular weight is 743 g/mol. The van der Waals surface area contributed by atoms with Crippen LogP contribution in [0, 0.1) is 13.8 Å². The number of aromatic carboxylic acids is 4. The molecule has 5 aromatic carbocycles. The number of ether oxygens (including phenoxy) is 3. The van der Waals surface area contributed by atoms with Crippen LogP contribution >= 0.6 is 0 Å². The second-order valence-electron chi connectivity index (χ2n) is 11.1. The topological polar surface area (TPSA) is 217 Å². The number of aryl methyl sites for hydroxylation is 2. The molecule has 13 nitrogen and oxygen atoms in total. The van der Waals surface area contributed by atoms with Gasteiger partial charge < -0.3 is 44.8 Å². The molecule has 284 valence electrons. The molecule has 0 aliphatic heterocycles. The summed E-state index contributed by atoms with van der Waals surface area (Å²) in [5.41, 5.74) is 0.995. The second-order valence-corrected chi connectivity index (χ2v) is 11.1. The Kier molecular flexibility index (Phi) is 18.2. The van der Waals surface area contributed by atoms with Crippen LogP contribution in [-0.4, -0.2) is 74.3 Å². The van der Waals surface area contributed by atoms with E-state index in [1.165, 1.54) is 23.8 Å². The first-order valence-electron chi connectivity index (χ1n) is 16.4. The van der Waals surface area contributed by atoms with Crippen LogP contribution in [0.25, 0.3) is 0 Å². The van der Waals surface area contributed by atoms with Crippen molar-refractivity contribution >= 4 is 23.9 Å². The molecule has 0 aromatic heterocycles. The van der Waals surface area contributed by atoms with E-state index < -0.39 is 29.4 Å². The van der Waals surface area contributed by atoms with Crippen LogP contribution in [0.3, 0.4) is 0 Å². The summed E-state index contributed by atoms with van der Waals surface area (Å²) in [4.78, 5) is 43.0. The van der Waals surface area contributed by atoms with Crippen LogP contribution in [0.1, 0.15) is 65.9 Å². The predicted octanol–water partition coefficient (Wildman–Crippen LogP) is 7.81. The van der Waals surface area contributed by atoms with Crippen molar-refractivity contribution in [2.24, 2.45) is 0 Å². The summed E-state index contributed by atoms with van der Waals surface area (Å²) in [7, 11) is 0. The van der Waals surface area contributed by atoms with Crippen molar-refractivity contribution in [3.8, 4) is 28.7 Å². The first kappa shape index (κ1) is 43.1. The van der Waals surface area contributed by atoms with Crippen molar-refractivity contribution in [1.29, 1.82) is 0 Å². The molecule has 0 bridgehead atoms. The Bertz CT molecular complexity index is 1960. The number of benzene rings is 5. The lowest BCUT2D eigenvalue weighted by Gasteiger charge is -2.09. The van der Waals surface area contributed by atoms with Gasteiger partial charge in [-0.1, -0.05) is 49.4 Å². The van der Waals surface area contributed by atoms with Crippen LogP contribution in [0.15, 0.2) is 115 Å². The Hall–Kier alpha value is -7.02. The van der Waals surface area contributed by atoms with Gasteiger partial charge in [0.2, 0.25) is 0 Å². The van der Waals surface area contributed by atoms with Crippen LogP contribution in [-0.2, 0) is 0 Å². The predicted molar refractivity (Wildman–Crippen MR) is 200 cm³/mol. The normalized spacial score (nSPS) is 9.69. The van der Waals surface area contributed by atoms with Crippen LogP contribution in [0.5, 0.6) is 28.7 Å². The number of aromatic hydroxyl groups is 2. The maximum Gasteiger partial charge on any atom is 0.336 e. The molecule has 5 rings (SSSR count). The monoisotopic (exact) mass is 742 g/mol. The molecule has 0 spiro atoms. The zero-order valence-electron chi connectivity index (χ0n) is 29.8. The molecule has 13 heteroatoms. The molecule has 54 heavy (non-hydrogen) atoms. The number of phenolic OH excluding ortho intramolecular Hbond substituents is 2. The van der Waals surface area contributed by atoms with E-state index in [9.17, 15) is 19.2 Å². The Labute approximate surface area is 311 Å². The third-order valence-electron chi connectivity index (χ3n) is 6.99. The maximum absolute atomic E-state index is 11.0. The van der Waals surface area contributed by atoms with Gasteiger partial charge in [0.1, 0.15) is 42.0 Å². The van der Waals surface area contributed by atoms with E-state index in [-0.39, 0.29) is 41.4 Å². The highest BCUT2D eigenvalue weighted by molar-refractivity contribution is 6.02. The average Bonchev–Trinajstić information content (AvgIpc) is 3.15. The van der Waals surface area contributed by atoms with Crippen molar-refractivity contribution < 1.29 is 64.0 Å². The lowest BCUT2D eigenvalue weighted by Crippen LogP contribution is -2.11. The van der Waals surface area contributed by atoms with Crippen molar-refractivity contribution in [1.82, 2.24) is 0 Å². The maximum atomic E-state index is 11.0. The van der Waals surface area contributed by atoms with Gasteiger partial charge in [-0.15, -0.1) is 0 Å². The van der Waals surface area contributed by atoms with Crippen LogP contribution in [0.4, 0.5) is 0 Å². The fourth-order valence-corrected chi connectivity index (χ4v) is 4.17. The fraction of sp³-hybridized carbons (Fsp3) is 0.171. The van der Waals surface area contributed by atoms with Gasteiger partial charge >= 0.3 is 23.9 Å². The van der Waals surface area contributed by atoms with Gasteiger partial charge in [-0.3, -0.25) is 0 Å². The minimum Gasteiger partial charge on any atom is -0.508 e. The Balaban J connectivity index is 0.000000268. The number of carbonyl (C=O) groups is 4. The minimum absolute atomic E-state index is 0.209. The first-order valence-corrected chi connectivity index (χ1v) is 16.4. The van der Waals surface area contributed by atoms with Gasteiger partial charge in [0, 0.05) is 0 Å². The number of hydrogen-bond acceptors (Lipinski definition) is 9. The van der Waals surface area contributed by atoms with Gasteiger partial charge in [0.05, 0.1) is 28.9 Å². The van der Waals surface area contributed by atoms with Gasteiger partial charge in [0.15, 0.2) is 0 Å². The molecule has 0 saturated carbocycles. The number of carboxylic acids is 4. The molecule has 5 aromatic rings. The summed E-state index contributed by atoms with van der Waals surface area (Å²) in [5, 5.41) is 52.9. The first-order chi connectivity index (χ1) is 25.7. The van der Waals surface area contributed by atoms with E-state index in [0.717, 1.165) is 42.5 Å². The van der Waals surface area contributed by atoms with Gasteiger partial charge in [-0.05, 0) is 104 Å². The molecule has 0 saturated heterocycles. The number of hydrogen-bond donors (Lipinski definition) is 6. The molecule has 0 radical (unpaired) electrons. The molecule has 0 amide bonds. The highest BCUT2D eigenvalue weighted by Crippen LogP contribution is 2.19. The summed E-state index contributed by atoms with van der Waals surface area (Å²) in [6, 6.07) is 31.3. The highest BCUT2D eigenvalue weighted by atomic mass is 16.5. The molecule has 0 aliphatic rings. The number of carboxylic acid groups (broad SMARTS) is 4. The fourth-order valence-electron chi connectivity index (χ4n) is 4.17. The van der Waals surface area contributed by atoms with Crippen molar-refractivity contribution in [3.63, 3.8) is 0 Å². The molecule has 0 unspecified atom stereocenters. The van der Waals surface area contributed by atoms with Crippen molar-refractivity contribution in [2.45, 2.75) is 27.2 Å². The van der Waals surface area contributed by atoms with Crippen molar-refractivity contribution in [3.05, 3.63) is 149 Å². The largest absolute Gasteiger partial charge is 0.508 e. The molecular formula is C41H42O13. The lowest BCUT2D eigenvalue weighted by molar-refractivity contribution is 0.0651. The number of para-hydroxylation sites is 2. The standard InChI is InChI=1S/C16H14O6.C9H12O.C8H6O5.C8H10O/c17-15(18)13-7-6-12(10-14(13)16(19)20)22-9-8-21-11-4-2-1-3-5-11;1-2-8-10-9-6-4-3-5-7-9;9-4-1-2-5(7(10)11)6(3-4)8(12)13;1-6-3-4-8(9)5-7(6)2/h1-7,10H,8-9H2,(H,17,18)(H,19,20);3-7H,2,8H2,1H3;1-3,9H,(H,10,11)(H,12,13);3-5,9H,1-2H3. The van der Waals surface area contributed by atoms with E-state index in [1.54, 1.807) is 12.1 Å². The third kappa shape index (κ3) is 15.5. The number of rotatable bonds is 12. The van der Waals surface area contributed by atoms with Crippen molar-refractivity contribution in [2.75, 3.05) is 19.8 Å². The summed E-state index contributed by atoms with van der Waals surface area (Å²) in [5.74, 6) is -3.31. The van der Waals surface area contributed by atoms with E-state index in [2.05, 4.69) is 6.92 Å². The van der Waals surface area contributed by atoms with Gasteiger partial charge in [-0.25, -0.2) is 19.2 Å². The smallest absolute Gasteiger partial charge is 0.336 e. The summed E-state index contributed by atoms with van der Waals surface area (Å²) in [6.07, 6.45) is 1.06. The lowest BCUT2D eigenvalue weighted by atomic mass is 10.1. The molecule has 0 aliphatic carbocycles. The zero-order valence-corrected chi connectivity index (χ0v) is 29.8. The summed E-state index contributed by atoms with van der Waals surface area (Å²) < 4.78 is 16.2. The van der Waals surface area contributed by atoms with Gasteiger partial charge in [0.25, 0.3) is 0 Å². The van der Waals surface area contributed by atoms with Crippen LogP contribution in [0.2, 0.25) is 0 Å². The second kappa shape index (κ2) is 22.7. The van der Waals surface area contributed by atoms with E-state index in [0.29, 0.717) is 11.5 Å². The molecular weight excluding hydrogens is 700 g/mol. The molecule has 0 atom stereocenters. The van der Waals surface area contributed by atoms with Crippen LogP contribution < -0.4 is 14.2 Å². The molecule has 6 N–H and O–H groups in total. The quantitative estimate of drug-likeness (QED) is 0.0673. The number of phenols is 2. The van der Waals surface area contributed by atoms with E-state index >= 15 is 0 Å². The third-order valence-corrected chi connectivity index (χ3v) is 6.99. The Morgan fingerprint density at radius 3 is 1.30 bits per heavy atom. The molecule has 0 fully saturated rings. The van der Waals surface area contributed by atoms with E-state index in [1.807, 2.05) is 80.6 Å². The Morgan fingerprint density at radius 1 is 0.444 bits per heavy atom. The summed E-state index contributed by atoms with van der Waals surface area (Å²) in [6.45, 7) is 7.41. The minimum atomic E-state index is -1.38. The summed E-state index contributed by atoms with van der Waals surface area (Å²) >= 11 is 0. The zero-order chi connectivity index (χ0) is 40.0. The SMILES string of the molecule is CCCOc1ccccc1.Cc1ccc(O)cc1C.O=C(O)c1ccc(O)cc1C(=O)O.O=C(O)c1ccc(OCCOc2ccccc2)cc1C(=O)O. The Morgan fingerprint density at radius 2 is 0.852 bits per heavy atom. The molecule has 0 heterocycles. The van der Waals surface area contributed by atoms with Gasteiger partial charge in [-0.2, -0.15) is 0 Å². The van der Waals surface area contributed by atoms with E-state index in [4.69, 9.17) is 44.8 Å².